The number of aryl methyl sites for hydroxylation is 1. The number of hydrogen-bond acceptors (Lipinski definition) is 3. The van der Waals surface area contributed by atoms with Gasteiger partial charge in [-0.3, -0.25) is 4.79 Å². The third kappa shape index (κ3) is 5.08. The third-order valence-corrected chi connectivity index (χ3v) is 4.11. The fourth-order valence-corrected chi connectivity index (χ4v) is 2.62. The van der Waals surface area contributed by atoms with Crippen molar-refractivity contribution in [1.82, 2.24) is 5.43 Å². The summed E-state index contributed by atoms with van der Waals surface area (Å²) in [5.74, 6) is 0.299. The second kappa shape index (κ2) is 8.31. The molecular weight excluding hydrogens is 392 g/mol. The summed E-state index contributed by atoms with van der Waals surface area (Å²) in [6.07, 6.45) is -0.677. The van der Waals surface area contributed by atoms with Gasteiger partial charge in [-0.15, -0.1) is 0 Å². The molecule has 0 heterocycles. The van der Waals surface area contributed by atoms with E-state index in [1.165, 1.54) is 0 Å². The number of ether oxygens (including phenoxy) is 1. The van der Waals surface area contributed by atoms with Gasteiger partial charge < -0.3 is 4.74 Å². The van der Waals surface area contributed by atoms with E-state index in [0.29, 0.717) is 16.5 Å². The Hall–Kier alpha value is -1.85. The molecule has 0 saturated heterocycles. The van der Waals surface area contributed by atoms with E-state index < -0.39 is 6.10 Å². The molecule has 126 valence electrons. The van der Waals surface area contributed by atoms with Gasteiger partial charge in [0, 0.05) is 9.50 Å². The molecule has 0 aliphatic rings. The summed E-state index contributed by atoms with van der Waals surface area (Å²) in [6, 6.07) is 13.0. The molecule has 0 saturated carbocycles. The first-order valence-electron chi connectivity index (χ1n) is 7.39. The van der Waals surface area contributed by atoms with E-state index in [0.717, 1.165) is 15.6 Å². The molecule has 2 aromatic carbocycles. The van der Waals surface area contributed by atoms with Crippen LogP contribution >= 0.6 is 27.5 Å². The molecule has 0 aliphatic heterocycles. The van der Waals surface area contributed by atoms with Crippen molar-refractivity contribution in [2.45, 2.75) is 26.9 Å². The molecule has 4 nitrogen and oxygen atoms in total. The van der Waals surface area contributed by atoms with Gasteiger partial charge in [0.2, 0.25) is 0 Å². The number of hydrazone groups is 1. The predicted octanol–water partition coefficient (Wildman–Crippen LogP) is 4.72. The molecule has 6 heteroatoms. The predicted molar refractivity (Wildman–Crippen MR) is 101 cm³/mol. The number of rotatable bonds is 5. The first kappa shape index (κ1) is 18.5. The lowest BCUT2D eigenvalue weighted by atomic mass is 10.1. The lowest BCUT2D eigenvalue weighted by Crippen LogP contribution is -2.34. The van der Waals surface area contributed by atoms with Crippen LogP contribution in [0.1, 0.15) is 25.0 Å². The maximum Gasteiger partial charge on any atom is 0.280 e. The molecule has 1 atom stereocenters. The van der Waals surface area contributed by atoms with Crippen LogP contribution < -0.4 is 10.2 Å². The number of amides is 1. The summed E-state index contributed by atoms with van der Waals surface area (Å²) in [5, 5.41) is 4.76. The maximum absolute atomic E-state index is 12.1. The van der Waals surface area contributed by atoms with Crippen molar-refractivity contribution in [1.29, 1.82) is 0 Å². The zero-order valence-corrected chi connectivity index (χ0v) is 16.0. The summed E-state index contributed by atoms with van der Waals surface area (Å²) in [4.78, 5) is 12.1. The summed E-state index contributed by atoms with van der Waals surface area (Å²) in [6.45, 7) is 5.38. The molecule has 2 rings (SSSR count). The van der Waals surface area contributed by atoms with Crippen molar-refractivity contribution in [3.8, 4) is 5.75 Å². The highest BCUT2D eigenvalue weighted by atomic mass is 79.9. The molecule has 0 radical (unpaired) electrons. The van der Waals surface area contributed by atoms with E-state index in [-0.39, 0.29) is 5.91 Å². The highest BCUT2D eigenvalue weighted by molar-refractivity contribution is 9.10. The van der Waals surface area contributed by atoms with Gasteiger partial charge in [-0.1, -0.05) is 39.7 Å². The first-order valence-corrected chi connectivity index (χ1v) is 8.57. The minimum atomic E-state index is -0.677. The van der Waals surface area contributed by atoms with Crippen LogP contribution in [0.15, 0.2) is 52.0 Å². The molecule has 1 N–H and O–H groups in total. The average molecular weight is 410 g/mol. The summed E-state index contributed by atoms with van der Waals surface area (Å²) in [7, 11) is 0. The van der Waals surface area contributed by atoms with Crippen LogP contribution in [0.25, 0.3) is 0 Å². The minimum Gasteiger partial charge on any atom is -0.481 e. The molecule has 0 spiro atoms. The van der Waals surface area contributed by atoms with E-state index >= 15 is 0 Å². The standard InChI is InChI=1S/C18H18BrClN2O2/c1-11-9-16(20)7-8-17(11)24-13(3)18(23)22-21-12(2)14-5-4-6-15(19)10-14/h4-10,13H,1-3H3,(H,22,23). The van der Waals surface area contributed by atoms with Crippen molar-refractivity contribution >= 4 is 39.1 Å². The molecule has 1 unspecified atom stereocenters. The van der Waals surface area contributed by atoms with E-state index in [9.17, 15) is 4.79 Å². The Morgan fingerprint density at radius 1 is 1.29 bits per heavy atom. The number of hydrogen-bond donors (Lipinski definition) is 1. The Balaban J connectivity index is 1.99. The maximum atomic E-state index is 12.1. The quantitative estimate of drug-likeness (QED) is 0.574. The molecule has 0 fully saturated rings. The van der Waals surface area contributed by atoms with E-state index in [2.05, 4.69) is 26.5 Å². The van der Waals surface area contributed by atoms with Gasteiger partial charge in [0.25, 0.3) is 5.91 Å². The van der Waals surface area contributed by atoms with Gasteiger partial charge in [-0.2, -0.15) is 5.10 Å². The third-order valence-electron chi connectivity index (χ3n) is 3.39. The van der Waals surface area contributed by atoms with E-state index in [1.54, 1.807) is 25.1 Å². The van der Waals surface area contributed by atoms with Gasteiger partial charge in [0.05, 0.1) is 5.71 Å². The first-order chi connectivity index (χ1) is 11.4. The normalized spacial score (nSPS) is 12.6. The fraction of sp³-hybridized carbons (Fsp3) is 0.222. The van der Waals surface area contributed by atoms with Gasteiger partial charge in [-0.25, -0.2) is 5.43 Å². The van der Waals surface area contributed by atoms with Crippen LogP contribution in [-0.4, -0.2) is 17.7 Å². The zero-order valence-electron chi connectivity index (χ0n) is 13.6. The Labute approximate surface area is 155 Å². The van der Waals surface area contributed by atoms with Crippen LogP contribution in [0.5, 0.6) is 5.75 Å². The van der Waals surface area contributed by atoms with Crippen LogP contribution in [0.2, 0.25) is 5.02 Å². The highest BCUT2D eigenvalue weighted by Crippen LogP contribution is 2.22. The Kier molecular flexibility index (Phi) is 6.40. The number of carbonyl (C=O) groups excluding carboxylic acids is 1. The van der Waals surface area contributed by atoms with Gasteiger partial charge in [0.15, 0.2) is 6.10 Å². The number of nitrogens with zero attached hydrogens (tertiary/aromatic N) is 1. The monoisotopic (exact) mass is 408 g/mol. The largest absolute Gasteiger partial charge is 0.481 e. The van der Waals surface area contributed by atoms with Gasteiger partial charge in [0.1, 0.15) is 5.75 Å². The average Bonchev–Trinajstić information content (AvgIpc) is 2.54. The Morgan fingerprint density at radius 2 is 2.04 bits per heavy atom. The van der Waals surface area contributed by atoms with Crippen molar-refractivity contribution < 1.29 is 9.53 Å². The number of carbonyl (C=O) groups is 1. The lowest BCUT2D eigenvalue weighted by molar-refractivity contribution is -0.127. The van der Waals surface area contributed by atoms with Crippen LogP contribution in [0.3, 0.4) is 0 Å². The minimum absolute atomic E-state index is 0.321. The second-order valence-electron chi connectivity index (χ2n) is 5.35. The van der Waals surface area contributed by atoms with Gasteiger partial charge >= 0.3 is 0 Å². The molecule has 0 aliphatic carbocycles. The number of nitrogens with one attached hydrogen (secondary N) is 1. The van der Waals surface area contributed by atoms with Crippen LogP contribution in [-0.2, 0) is 4.79 Å². The van der Waals surface area contributed by atoms with Crippen molar-refractivity contribution in [2.75, 3.05) is 0 Å². The second-order valence-corrected chi connectivity index (χ2v) is 6.71. The van der Waals surface area contributed by atoms with Crippen molar-refractivity contribution in [3.63, 3.8) is 0 Å². The topological polar surface area (TPSA) is 50.7 Å². The molecule has 0 aromatic heterocycles. The fourth-order valence-electron chi connectivity index (χ4n) is 2.00. The van der Waals surface area contributed by atoms with Gasteiger partial charge in [-0.05, 0) is 62.2 Å². The molecule has 24 heavy (non-hydrogen) atoms. The Morgan fingerprint density at radius 3 is 2.71 bits per heavy atom. The molecule has 2 aromatic rings. The smallest absolute Gasteiger partial charge is 0.280 e. The van der Waals surface area contributed by atoms with Crippen molar-refractivity contribution in [3.05, 3.63) is 63.1 Å². The SMILES string of the molecule is CC(=NNC(=O)C(C)Oc1ccc(Cl)cc1C)c1cccc(Br)c1. The van der Waals surface area contributed by atoms with E-state index in [4.69, 9.17) is 16.3 Å². The summed E-state index contributed by atoms with van der Waals surface area (Å²) in [5.41, 5.74) is 5.04. The van der Waals surface area contributed by atoms with Crippen LogP contribution in [0, 0.1) is 6.92 Å². The lowest BCUT2D eigenvalue weighted by Gasteiger charge is -2.15. The number of benzene rings is 2. The van der Waals surface area contributed by atoms with E-state index in [1.807, 2.05) is 38.1 Å². The van der Waals surface area contributed by atoms with Crippen molar-refractivity contribution in [2.24, 2.45) is 5.10 Å². The summed E-state index contributed by atoms with van der Waals surface area (Å²) < 4.78 is 6.63. The Bertz CT molecular complexity index is 777. The summed E-state index contributed by atoms with van der Waals surface area (Å²) >= 11 is 9.32. The highest BCUT2D eigenvalue weighted by Gasteiger charge is 2.15. The molecule has 0 bridgehead atoms. The molecular formula is C18H18BrClN2O2. The zero-order chi connectivity index (χ0) is 17.7. The number of halogens is 2. The van der Waals surface area contributed by atoms with Crippen LogP contribution in [0.4, 0.5) is 0 Å². The molecule has 1 amide bonds.